The zero-order valence-corrected chi connectivity index (χ0v) is 16.8. The lowest BCUT2D eigenvalue weighted by Gasteiger charge is -2.30. The maximum Gasteiger partial charge on any atom is 0.258 e. The van der Waals surface area contributed by atoms with E-state index in [-0.39, 0.29) is 42.0 Å². The van der Waals surface area contributed by atoms with Crippen molar-refractivity contribution in [2.24, 2.45) is 17.8 Å². The van der Waals surface area contributed by atoms with Crippen LogP contribution in [-0.4, -0.2) is 46.2 Å². The average molecular weight is 386 g/mol. The molecule has 0 radical (unpaired) electrons. The van der Waals surface area contributed by atoms with Gasteiger partial charge in [-0.15, -0.1) is 0 Å². The Hall–Kier alpha value is -1.92. The van der Waals surface area contributed by atoms with E-state index in [1.165, 1.54) is 12.8 Å². The van der Waals surface area contributed by atoms with Crippen LogP contribution in [0.4, 0.5) is 0 Å². The zero-order valence-electron chi connectivity index (χ0n) is 16.8. The Balaban J connectivity index is 1.72. The number of amides is 1. The van der Waals surface area contributed by atoms with Gasteiger partial charge in [0.05, 0.1) is 12.1 Å². The first kappa shape index (κ1) is 19.4. The van der Waals surface area contributed by atoms with Crippen molar-refractivity contribution in [2.45, 2.75) is 51.7 Å². The first-order valence-electron chi connectivity index (χ1n) is 10.6. The van der Waals surface area contributed by atoms with Gasteiger partial charge in [-0.3, -0.25) is 14.5 Å². The van der Waals surface area contributed by atoms with Crippen molar-refractivity contribution in [1.29, 1.82) is 0 Å². The number of nitrogens with one attached hydrogen (secondary N) is 1. The molecule has 2 N–H and O–H groups in total. The normalized spacial score (nSPS) is 29.2. The lowest BCUT2D eigenvalue weighted by molar-refractivity contribution is -0.127. The number of aromatic nitrogens is 1. The Bertz CT molecular complexity index is 827. The third-order valence-corrected chi connectivity index (χ3v) is 6.55. The number of carbonyl (C=O) groups is 1. The quantitative estimate of drug-likeness (QED) is 0.750. The molecule has 0 bridgehead atoms. The van der Waals surface area contributed by atoms with Crippen molar-refractivity contribution < 1.29 is 9.90 Å². The van der Waals surface area contributed by atoms with Crippen LogP contribution in [0.5, 0.6) is 0 Å². The molecule has 3 aliphatic rings. The summed E-state index contributed by atoms with van der Waals surface area (Å²) in [5, 5.41) is 13.3. The van der Waals surface area contributed by atoms with Crippen LogP contribution in [0, 0.1) is 17.8 Å². The molecular weight excluding hydrogens is 354 g/mol. The first-order valence-corrected chi connectivity index (χ1v) is 10.6. The summed E-state index contributed by atoms with van der Waals surface area (Å²) in [6.45, 7) is 6.02. The molecule has 0 spiro atoms. The highest BCUT2D eigenvalue weighted by Crippen LogP contribution is 2.50. The number of pyridine rings is 1. The van der Waals surface area contributed by atoms with Crippen molar-refractivity contribution in [3.63, 3.8) is 0 Å². The average Bonchev–Trinajstić information content (AvgIpc) is 3.34. The van der Waals surface area contributed by atoms with Crippen LogP contribution < -0.4 is 10.9 Å². The molecule has 4 rings (SSSR count). The first-order chi connectivity index (χ1) is 13.6. The Morgan fingerprint density at radius 2 is 2.14 bits per heavy atom. The highest BCUT2D eigenvalue weighted by molar-refractivity contribution is 5.82. The Morgan fingerprint density at radius 1 is 1.36 bits per heavy atom. The van der Waals surface area contributed by atoms with Gasteiger partial charge in [-0.2, -0.15) is 0 Å². The number of nitrogens with zero attached hydrogens (tertiary/aromatic N) is 2. The van der Waals surface area contributed by atoms with E-state index in [1.807, 2.05) is 42.7 Å². The summed E-state index contributed by atoms with van der Waals surface area (Å²) in [6, 6.07) is 3.65. The molecule has 152 valence electrons. The van der Waals surface area contributed by atoms with Crippen molar-refractivity contribution in [3.8, 4) is 0 Å². The van der Waals surface area contributed by atoms with E-state index in [2.05, 4.69) is 10.2 Å². The fourth-order valence-electron chi connectivity index (χ4n) is 5.09. The molecule has 0 unspecified atom stereocenters. The van der Waals surface area contributed by atoms with Crippen LogP contribution in [0.25, 0.3) is 6.08 Å². The summed E-state index contributed by atoms with van der Waals surface area (Å²) < 4.78 is 1.87. The minimum Gasteiger partial charge on any atom is -0.396 e. The molecule has 6 nitrogen and oxygen atoms in total. The van der Waals surface area contributed by atoms with Crippen LogP contribution in [0.2, 0.25) is 0 Å². The molecule has 1 amide bonds. The van der Waals surface area contributed by atoms with Crippen LogP contribution in [0.15, 0.2) is 23.0 Å². The van der Waals surface area contributed by atoms with Gasteiger partial charge in [0.25, 0.3) is 5.56 Å². The number of aliphatic hydroxyl groups is 1. The predicted octanol–water partition coefficient (Wildman–Crippen LogP) is 1.78. The molecule has 28 heavy (non-hydrogen) atoms. The Labute approximate surface area is 166 Å². The lowest BCUT2D eigenvalue weighted by Crippen LogP contribution is -2.49. The van der Waals surface area contributed by atoms with Gasteiger partial charge >= 0.3 is 0 Å². The molecule has 2 aliphatic heterocycles. The van der Waals surface area contributed by atoms with Gasteiger partial charge < -0.3 is 15.0 Å². The zero-order chi connectivity index (χ0) is 19.8. The van der Waals surface area contributed by atoms with Crippen molar-refractivity contribution in [1.82, 2.24) is 14.8 Å². The topological polar surface area (TPSA) is 74.6 Å². The second kappa shape index (κ2) is 7.84. The number of likely N-dealkylation sites (tertiary alicyclic amines) is 1. The standard InChI is InChI=1S/C22H31N3O3/c1-3-5-15-8-9-18-19-16(12-24(18)22(15)28)17(13-26)20(21(27)23-10-4-2)25(19)11-14-6-7-14/h3,5,8-9,14,16-17,19-20,26H,4,6-7,10-13H2,1-2H3,(H,23,27)/b5-3-/t16-,17-,19+,20-/m0/s1. The fourth-order valence-corrected chi connectivity index (χ4v) is 5.09. The lowest BCUT2D eigenvalue weighted by atomic mass is 9.88. The Morgan fingerprint density at radius 3 is 2.79 bits per heavy atom. The summed E-state index contributed by atoms with van der Waals surface area (Å²) in [5.74, 6) is 0.595. The van der Waals surface area contributed by atoms with Crippen LogP contribution in [-0.2, 0) is 11.3 Å². The Kier molecular flexibility index (Phi) is 5.43. The number of carbonyl (C=O) groups excluding carboxylic acids is 1. The number of hydrogen-bond donors (Lipinski definition) is 2. The van der Waals surface area contributed by atoms with Crippen molar-refractivity contribution in [2.75, 3.05) is 19.7 Å². The molecule has 1 saturated carbocycles. The van der Waals surface area contributed by atoms with Crippen LogP contribution in [0.3, 0.4) is 0 Å². The molecule has 0 aromatic carbocycles. The number of rotatable bonds is 7. The van der Waals surface area contributed by atoms with Gasteiger partial charge in [0.2, 0.25) is 5.91 Å². The highest BCUT2D eigenvalue weighted by Gasteiger charge is 2.56. The maximum absolute atomic E-state index is 13.0. The molecule has 1 saturated heterocycles. The molecule has 4 atom stereocenters. The molecule has 2 fully saturated rings. The number of hydrogen-bond acceptors (Lipinski definition) is 4. The predicted molar refractivity (Wildman–Crippen MR) is 109 cm³/mol. The van der Waals surface area contributed by atoms with Crippen LogP contribution >= 0.6 is 0 Å². The number of fused-ring (bicyclic) bond motifs is 3. The summed E-state index contributed by atoms with van der Waals surface area (Å²) in [7, 11) is 0. The smallest absolute Gasteiger partial charge is 0.258 e. The summed E-state index contributed by atoms with van der Waals surface area (Å²) in [5.41, 5.74) is 1.71. The van der Waals surface area contributed by atoms with E-state index in [9.17, 15) is 14.7 Å². The van der Waals surface area contributed by atoms with Gasteiger partial charge in [0, 0.05) is 49.3 Å². The summed E-state index contributed by atoms with van der Waals surface area (Å²) in [4.78, 5) is 28.2. The van der Waals surface area contributed by atoms with E-state index in [0.717, 1.165) is 18.7 Å². The summed E-state index contributed by atoms with van der Waals surface area (Å²) >= 11 is 0. The molecule has 3 heterocycles. The molecule has 1 aliphatic carbocycles. The van der Waals surface area contributed by atoms with Gasteiger partial charge in [-0.25, -0.2) is 0 Å². The number of aliphatic hydroxyl groups excluding tert-OH is 1. The summed E-state index contributed by atoms with van der Waals surface area (Å²) in [6.07, 6.45) is 7.02. The minimum absolute atomic E-state index is 0.0235. The molecule has 1 aromatic rings. The third-order valence-electron chi connectivity index (χ3n) is 6.55. The van der Waals surface area contributed by atoms with E-state index in [1.54, 1.807) is 0 Å². The van der Waals surface area contributed by atoms with Gasteiger partial charge in [-0.05, 0) is 44.2 Å². The monoisotopic (exact) mass is 385 g/mol. The van der Waals surface area contributed by atoms with Crippen LogP contribution in [0.1, 0.15) is 50.4 Å². The third kappa shape index (κ3) is 3.22. The van der Waals surface area contributed by atoms with E-state index in [0.29, 0.717) is 24.6 Å². The second-order valence-electron chi connectivity index (χ2n) is 8.46. The molecular formula is C22H31N3O3. The SMILES string of the molecule is C/C=C\c1ccc2n(c1=O)C[C@H]1[C@H](CO)[C@@H](C(=O)NCCC)N(CC3CC3)[C@@H]21. The largest absolute Gasteiger partial charge is 0.396 e. The number of allylic oxidation sites excluding steroid dienone is 1. The minimum atomic E-state index is -0.314. The van der Waals surface area contributed by atoms with E-state index < -0.39 is 0 Å². The fraction of sp³-hybridized carbons (Fsp3) is 0.636. The van der Waals surface area contributed by atoms with E-state index in [4.69, 9.17) is 0 Å². The van der Waals surface area contributed by atoms with Gasteiger partial charge in [-0.1, -0.05) is 19.1 Å². The van der Waals surface area contributed by atoms with E-state index >= 15 is 0 Å². The highest BCUT2D eigenvalue weighted by atomic mass is 16.3. The second-order valence-corrected chi connectivity index (χ2v) is 8.46. The molecule has 6 heteroatoms. The van der Waals surface area contributed by atoms with Gasteiger partial charge in [0.15, 0.2) is 0 Å². The maximum atomic E-state index is 13.0. The molecule has 1 aromatic heterocycles. The van der Waals surface area contributed by atoms with Gasteiger partial charge in [0.1, 0.15) is 0 Å². The van der Waals surface area contributed by atoms with Crippen molar-refractivity contribution >= 4 is 12.0 Å². The van der Waals surface area contributed by atoms with Crippen molar-refractivity contribution in [3.05, 3.63) is 39.8 Å².